The van der Waals surface area contributed by atoms with E-state index in [1.54, 1.807) is 0 Å². The molecule has 0 aromatic heterocycles. The van der Waals surface area contributed by atoms with Crippen LogP contribution in [-0.4, -0.2) is 15.4 Å². The Morgan fingerprint density at radius 3 is 2.60 bits per heavy atom. The largest absolute Gasteiger partial charge is 0.301 e. The van der Waals surface area contributed by atoms with Gasteiger partial charge in [0.15, 0.2) is 0 Å². The zero-order valence-corrected chi connectivity index (χ0v) is 9.53. The molecule has 3 nitrogen and oxygen atoms in total. The van der Waals surface area contributed by atoms with Crippen molar-refractivity contribution in [3.63, 3.8) is 0 Å². The van der Waals surface area contributed by atoms with Crippen LogP contribution in [0.1, 0.15) is 13.3 Å². The Morgan fingerprint density at radius 1 is 1.80 bits per heavy atom. The van der Waals surface area contributed by atoms with Gasteiger partial charge in [-0.05, 0) is 13.3 Å². The van der Waals surface area contributed by atoms with E-state index in [1.807, 2.05) is 6.92 Å². The van der Waals surface area contributed by atoms with E-state index in [1.165, 1.54) is 0 Å². The second-order valence-electron chi connectivity index (χ2n) is 1.75. The Hall–Kier alpha value is 0.914. The minimum atomic E-state index is -2.12. The van der Waals surface area contributed by atoms with Gasteiger partial charge >= 0.3 is 11.4 Å². The molecule has 0 aliphatic heterocycles. The molecule has 1 atom stereocenters. The Kier molecular flexibility index (Phi) is 10.8. The Labute approximate surface area is 88.6 Å². The van der Waals surface area contributed by atoms with Crippen LogP contribution < -0.4 is 0 Å². The topological polar surface area (TPSA) is 46.5 Å². The minimum Gasteiger partial charge on any atom is -0.284 e. The molecule has 0 aromatic carbocycles. The second-order valence-corrected chi connectivity index (χ2v) is 2.42. The maximum Gasteiger partial charge on any atom is 0.301 e. The molecular weight excluding hydrogens is 229 g/mol. The van der Waals surface area contributed by atoms with Gasteiger partial charge in [0, 0.05) is 32.7 Å². The number of hydrogen-bond donors (Lipinski definition) is 1. The van der Waals surface area contributed by atoms with E-state index in [9.17, 15) is 4.21 Å². The van der Waals surface area contributed by atoms with Gasteiger partial charge in [-0.2, -0.15) is 4.21 Å². The molecule has 1 N–H and O–H groups in total. The standard InChI is InChI=1S/C5H10O3S.Y/c1-5(2)3-4-8-9(6)7;/h1,3-4H2,2H3,(H,6,7);. The van der Waals surface area contributed by atoms with Crippen LogP contribution in [0.2, 0.25) is 0 Å². The zero-order chi connectivity index (χ0) is 7.28. The molecule has 0 fully saturated rings. The van der Waals surface area contributed by atoms with Gasteiger partial charge in [-0.15, -0.1) is 6.58 Å². The quantitative estimate of drug-likeness (QED) is 0.590. The summed E-state index contributed by atoms with van der Waals surface area (Å²) in [7, 11) is 0. The van der Waals surface area contributed by atoms with Gasteiger partial charge in [-0.25, -0.2) is 0 Å². The first-order chi connectivity index (χ1) is 4.13. The first-order valence-electron chi connectivity index (χ1n) is 2.51. The van der Waals surface area contributed by atoms with Gasteiger partial charge in [0.25, 0.3) is 0 Å². The molecule has 0 aliphatic carbocycles. The molecule has 0 rings (SSSR count). The van der Waals surface area contributed by atoms with Gasteiger partial charge in [0.05, 0.1) is 6.61 Å². The summed E-state index contributed by atoms with van der Waals surface area (Å²) < 4.78 is 22.2. The molecule has 1 radical (unpaired) electrons. The maximum absolute atomic E-state index is 9.84. The third-order valence-electron chi connectivity index (χ3n) is 0.713. The number of rotatable bonds is 4. The molecule has 0 aromatic rings. The molecule has 10 heavy (non-hydrogen) atoms. The summed E-state index contributed by atoms with van der Waals surface area (Å²) in [5.41, 5.74) is 0.945. The van der Waals surface area contributed by atoms with E-state index < -0.39 is 11.4 Å². The van der Waals surface area contributed by atoms with Crippen molar-refractivity contribution < 1.29 is 45.7 Å². The van der Waals surface area contributed by atoms with Crippen LogP contribution in [0.15, 0.2) is 12.2 Å². The smallest absolute Gasteiger partial charge is 0.284 e. The summed E-state index contributed by atoms with van der Waals surface area (Å²) in [5.74, 6) is 0. The molecule has 0 saturated carbocycles. The van der Waals surface area contributed by atoms with Crippen molar-refractivity contribution in [2.45, 2.75) is 13.3 Å². The molecule has 5 heteroatoms. The molecule has 0 amide bonds. The van der Waals surface area contributed by atoms with Crippen molar-refractivity contribution in [2.24, 2.45) is 0 Å². The third-order valence-corrected chi connectivity index (χ3v) is 1.08. The molecule has 0 saturated heterocycles. The Morgan fingerprint density at radius 2 is 2.30 bits per heavy atom. The first-order valence-corrected chi connectivity index (χ1v) is 3.54. The van der Waals surface area contributed by atoms with Crippen LogP contribution in [0, 0.1) is 0 Å². The third kappa shape index (κ3) is 11.7. The van der Waals surface area contributed by atoms with Gasteiger partial charge in [-0.1, -0.05) is 5.57 Å². The maximum atomic E-state index is 9.84. The van der Waals surface area contributed by atoms with Crippen LogP contribution in [0.4, 0.5) is 0 Å². The second kappa shape index (κ2) is 8.01. The van der Waals surface area contributed by atoms with Crippen molar-refractivity contribution in [1.29, 1.82) is 0 Å². The molecule has 0 heterocycles. The Bertz CT molecular complexity index is 112. The predicted molar refractivity (Wildman–Crippen MR) is 36.2 cm³/mol. The van der Waals surface area contributed by atoms with E-state index in [0.29, 0.717) is 6.42 Å². The van der Waals surface area contributed by atoms with E-state index >= 15 is 0 Å². The molecular formula is C5H10O3SY. The molecule has 0 bridgehead atoms. The summed E-state index contributed by atoms with van der Waals surface area (Å²) in [6, 6.07) is 0. The zero-order valence-electron chi connectivity index (χ0n) is 5.87. The fourth-order valence-electron chi connectivity index (χ4n) is 0.287. The van der Waals surface area contributed by atoms with E-state index in [4.69, 9.17) is 4.55 Å². The summed E-state index contributed by atoms with van der Waals surface area (Å²) in [4.78, 5) is 0. The van der Waals surface area contributed by atoms with E-state index in [-0.39, 0.29) is 39.3 Å². The van der Waals surface area contributed by atoms with Crippen LogP contribution in [0.3, 0.4) is 0 Å². The molecule has 0 aliphatic rings. The van der Waals surface area contributed by atoms with Crippen molar-refractivity contribution in [3.05, 3.63) is 12.2 Å². The SMILES string of the molecule is C=C(C)CCOS(=O)O.[Y]. The summed E-state index contributed by atoms with van der Waals surface area (Å²) >= 11 is -2.12. The van der Waals surface area contributed by atoms with Gasteiger partial charge in [0.1, 0.15) is 0 Å². The fourth-order valence-corrected chi connectivity index (χ4v) is 0.513. The summed E-state index contributed by atoms with van der Waals surface area (Å²) in [6.45, 7) is 5.69. The summed E-state index contributed by atoms with van der Waals surface area (Å²) in [5, 5.41) is 0. The van der Waals surface area contributed by atoms with Crippen molar-refractivity contribution in [2.75, 3.05) is 6.61 Å². The molecule has 57 valence electrons. The first kappa shape index (κ1) is 13.5. The van der Waals surface area contributed by atoms with Gasteiger partial charge in [0.2, 0.25) is 0 Å². The van der Waals surface area contributed by atoms with Gasteiger partial charge in [-0.3, -0.25) is 8.74 Å². The minimum absolute atomic E-state index is 0. The average molecular weight is 239 g/mol. The van der Waals surface area contributed by atoms with E-state index in [0.717, 1.165) is 5.57 Å². The molecule has 0 spiro atoms. The van der Waals surface area contributed by atoms with Crippen molar-refractivity contribution in [1.82, 2.24) is 0 Å². The van der Waals surface area contributed by atoms with Crippen molar-refractivity contribution >= 4 is 11.4 Å². The predicted octanol–water partition coefficient (Wildman–Crippen LogP) is 1.10. The monoisotopic (exact) mass is 239 g/mol. The number of hydrogen-bond acceptors (Lipinski definition) is 2. The normalized spacial score (nSPS) is 11.8. The van der Waals surface area contributed by atoms with Crippen LogP contribution in [0.25, 0.3) is 0 Å². The van der Waals surface area contributed by atoms with Crippen LogP contribution in [0.5, 0.6) is 0 Å². The van der Waals surface area contributed by atoms with Crippen molar-refractivity contribution in [3.8, 4) is 0 Å². The van der Waals surface area contributed by atoms with Crippen LogP contribution >= 0.6 is 0 Å². The fraction of sp³-hybridized carbons (Fsp3) is 0.600. The average Bonchev–Trinajstić information content (AvgIpc) is 1.63. The molecule has 1 unspecified atom stereocenters. The van der Waals surface area contributed by atoms with E-state index in [2.05, 4.69) is 10.8 Å². The summed E-state index contributed by atoms with van der Waals surface area (Å²) in [6.07, 6.45) is 0.631. The van der Waals surface area contributed by atoms with Gasteiger partial charge < -0.3 is 0 Å². The van der Waals surface area contributed by atoms with Crippen LogP contribution in [-0.2, 0) is 48.3 Å². The Balaban J connectivity index is 0.